The van der Waals surface area contributed by atoms with Gasteiger partial charge in [0.2, 0.25) is 5.91 Å². The first-order chi connectivity index (χ1) is 8.19. The fourth-order valence-electron chi connectivity index (χ4n) is 2.02. The van der Waals surface area contributed by atoms with Crippen molar-refractivity contribution in [3.63, 3.8) is 0 Å². The number of amides is 1. The molecular weight excluding hydrogens is 220 g/mol. The number of nitrogens with zero attached hydrogens (tertiary/aromatic N) is 1. The summed E-state index contributed by atoms with van der Waals surface area (Å²) in [6, 6.07) is 3.54. The molecule has 5 nitrogen and oxygen atoms in total. The van der Waals surface area contributed by atoms with Gasteiger partial charge in [-0.25, -0.2) is 0 Å². The Morgan fingerprint density at radius 1 is 1.71 bits per heavy atom. The van der Waals surface area contributed by atoms with Crippen molar-refractivity contribution < 1.29 is 14.3 Å². The molecular formula is C12H18N2O3. The molecule has 2 N–H and O–H groups in total. The second kappa shape index (κ2) is 5.33. The van der Waals surface area contributed by atoms with Gasteiger partial charge in [0.1, 0.15) is 5.76 Å². The van der Waals surface area contributed by atoms with Crippen molar-refractivity contribution in [2.45, 2.75) is 13.0 Å². The molecule has 1 aliphatic rings. The number of carbonyl (C=O) groups excluding carboxylic acids is 1. The van der Waals surface area contributed by atoms with E-state index < -0.39 is 0 Å². The molecule has 1 fully saturated rings. The van der Waals surface area contributed by atoms with Crippen LogP contribution in [0.4, 0.5) is 0 Å². The van der Waals surface area contributed by atoms with E-state index in [1.165, 1.54) is 0 Å². The fraction of sp³-hybridized carbons (Fsp3) is 0.583. The minimum absolute atomic E-state index is 0.00899. The van der Waals surface area contributed by atoms with Gasteiger partial charge in [-0.15, -0.1) is 0 Å². The zero-order valence-corrected chi connectivity index (χ0v) is 9.93. The van der Waals surface area contributed by atoms with E-state index in [2.05, 4.69) is 5.32 Å². The van der Waals surface area contributed by atoms with Crippen molar-refractivity contribution in [3.8, 4) is 0 Å². The summed E-state index contributed by atoms with van der Waals surface area (Å²) in [6.07, 6.45) is 1.60. The standard InChI is InChI=1S/C12H18N2O3/c1-9(11-3-2-4-17-11)13-12(16)7-14-5-10(6-14)8-15/h2-4,9-10,15H,5-8H2,1H3,(H,13,16). The quantitative estimate of drug-likeness (QED) is 0.778. The average Bonchev–Trinajstić information content (AvgIpc) is 2.75. The molecule has 0 saturated carbocycles. The van der Waals surface area contributed by atoms with Crippen LogP contribution >= 0.6 is 0 Å². The number of aliphatic hydroxyl groups is 1. The van der Waals surface area contributed by atoms with Gasteiger partial charge in [0.05, 0.1) is 18.8 Å². The number of nitrogens with one attached hydrogen (secondary N) is 1. The third-order valence-electron chi connectivity index (χ3n) is 3.01. The van der Waals surface area contributed by atoms with Crippen LogP contribution in [0.25, 0.3) is 0 Å². The minimum atomic E-state index is -0.104. The molecule has 1 aliphatic heterocycles. The van der Waals surface area contributed by atoms with E-state index in [0.717, 1.165) is 18.8 Å². The predicted octanol–water partition coefficient (Wildman–Crippen LogP) is 0.381. The molecule has 5 heteroatoms. The van der Waals surface area contributed by atoms with Gasteiger partial charge >= 0.3 is 0 Å². The van der Waals surface area contributed by atoms with Crippen LogP contribution < -0.4 is 5.32 Å². The molecule has 1 amide bonds. The van der Waals surface area contributed by atoms with Gasteiger partial charge in [0, 0.05) is 25.6 Å². The van der Waals surface area contributed by atoms with Crippen molar-refractivity contribution in [1.82, 2.24) is 10.2 Å². The summed E-state index contributed by atoms with van der Waals surface area (Å²) in [6.45, 7) is 4.10. The monoisotopic (exact) mass is 238 g/mol. The first-order valence-electron chi connectivity index (χ1n) is 5.85. The summed E-state index contributed by atoms with van der Waals surface area (Å²) in [5.74, 6) is 1.09. The molecule has 0 radical (unpaired) electrons. The van der Waals surface area contributed by atoms with E-state index in [1.807, 2.05) is 17.9 Å². The van der Waals surface area contributed by atoms with Crippen molar-refractivity contribution in [2.24, 2.45) is 5.92 Å². The lowest BCUT2D eigenvalue weighted by Gasteiger charge is -2.37. The molecule has 0 spiro atoms. The molecule has 94 valence electrons. The smallest absolute Gasteiger partial charge is 0.234 e. The molecule has 0 aliphatic carbocycles. The summed E-state index contributed by atoms with van der Waals surface area (Å²) >= 11 is 0. The highest BCUT2D eigenvalue weighted by Gasteiger charge is 2.27. The molecule has 2 rings (SSSR count). The zero-order valence-electron chi connectivity index (χ0n) is 9.93. The lowest BCUT2D eigenvalue weighted by atomic mass is 10.0. The van der Waals surface area contributed by atoms with Crippen molar-refractivity contribution in [2.75, 3.05) is 26.2 Å². The predicted molar refractivity (Wildman–Crippen MR) is 62.3 cm³/mol. The van der Waals surface area contributed by atoms with Crippen LogP contribution in [-0.2, 0) is 4.79 Å². The van der Waals surface area contributed by atoms with Crippen LogP contribution in [0.1, 0.15) is 18.7 Å². The van der Waals surface area contributed by atoms with Crippen LogP contribution in [-0.4, -0.2) is 42.2 Å². The molecule has 17 heavy (non-hydrogen) atoms. The summed E-state index contributed by atoms with van der Waals surface area (Å²) in [5.41, 5.74) is 0. The fourth-order valence-corrected chi connectivity index (χ4v) is 2.02. The van der Waals surface area contributed by atoms with Gasteiger partial charge in [-0.1, -0.05) is 0 Å². The van der Waals surface area contributed by atoms with Crippen molar-refractivity contribution in [3.05, 3.63) is 24.2 Å². The lowest BCUT2D eigenvalue weighted by molar-refractivity contribution is -0.124. The Bertz CT molecular complexity index is 358. The van der Waals surface area contributed by atoms with E-state index in [0.29, 0.717) is 12.5 Å². The van der Waals surface area contributed by atoms with E-state index in [4.69, 9.17) is 9.52 Å². The second-order valence-corrected chi connectivity index (χ2v) is 4.55. The van der Waals surface area contributed by atoms with Gasteiger partial charge in [-0.05, 0) is 19.1 Å². The van der Waals surface area contributed by atoms with Crippen molar-refractivity contribution >= 4 is 5.91 Å². The number of furan rings is 1. The highest BCUT2D eigenvalue weighted by molar-refractivity contribution is 5.78. The Balaban J connectivity index is 1.71. The second-order valence-electron chi connectivity index (χ2n) is 4.55. The molecule has 1 saturated heterocycles. The first-order valence-corrected chi connectivity index (χ1v) is 5.85. The SMILES string of the molecule is CC(NC(=O)CN1CC(CO)C1)c1ccco1. The number of hydrogen-bond donors (Lipinski definition) is 2. The van der Waals surface area contributed by atoms with E-state index in [-0.39, 0.29) is 18.6 Å². The summed E-state index contributed by atoms with van der Waals surface area (Å²) < 4.78 is 5.21. The Morgan fingerprint density at radius 3 is 3.06 bits per heavy atom. The van der Waals surface area contributed by atoms with Crippen LogP contribution in [0.3, 0.4) is 0 Å². The van der Waals surface area contributed by atoms with Gasteiger partial charge < -0.3 is 14.8 Å². The Kier molecular flexibility index (Phi) is 3.81. The van der Waals surface area contributed by atoms with Crippen LogP contribution in [0.2, 0.25) is 0 Å². The van der Waals surface area contributed by atoms with Crippen LogP contribution in [0.5, 0.6) is 0 Å². The zero-order chi connectivity index (χ0) is 12.3. The number of hydrogen-bond acceptors (Lipinski definition) is 4. The minimum Gasteiger partial charge on any atom is -0.467 e. The highest BCUT2D eigenvalue weighted by Crippen LogP contribution is 2.15. The number of likely N-dealkylation sites (tertiary alicyclic amines) is 1. The van der Waals surface area contributed by atoms with E-state index in [1.54, 1.807) is 12.3 Å². The lowest BCUT2D eigenvalue weighted by Crippen LogP contribution is -2.52. The van der Waals surface area contributed by atoms with E-state index >= 15 is 0 Å². The first kappa shape index (κ1) is 12.1. The summed E-state index contributed by atoms with van der Waals surface area (Å²) in [7, 11) is 0. The van der Waals surface area contributed by atoms with Crippen molar-refractivity contribution in [1.29, 1.82) is 0 Å². The van der Waals surface area contributed by atoms with Crippen LogP contribution in [0.15, 0.2) is 22.8 Å². The summed E-state index contributed by atoms with van der Waals surface area (Å²) in [5, 5.41) is 11.7. The maximum atomic E-state index is 11.7. The highest BCUT2D eigenvalue weighted by atomic mass is 16.3. The van der Waals surface area contributed by atoms with Gasteiger partial charge in [-0.3, -0.25) is 9.69 Å². The van der Waals surface area contributed by atoms with Gasteiger partial charge in [0.15, 0.2) is 0 Å². The van der Waals surface area contributed by atoms with E-state index in [9.17, 15) is 4.79 Å². The Labute approximate surface area is 100 Å². The Hall–Kier alpha value is -1.33. The molecule has 1 aromatic heterocycles. The van der Waals surface area contributed by atoms with Gasteiger partial charge in [0.25, 0.3) is 0 Å². The molecule has 0 bridgehead atoms. The third-order valence-corrected chi connectivity index (χ3v) is 3.01. The molecule has 1 aromatic rings. The molecule has 1 atom stereocenters. The molecule has 1 unspecified atom stereocenters. The topological polar surface area (TPSA) is 65.7 Å². The molecule has 2 heterocycles. The largest absolute Gasteiger partial charge is 0.467 e. The number of rotatable bonds is 5. The maximum Gasteiger partial charge on any atom is 0.234 e. The van der Waals surface area contributed by atoms with Crippen LogP contribution in [0, 0.1) is 5.92 Å². The molecule has 0 aromatic carbocycles. The normalized spacial score (nSPS) is 18.7. The third kappa shape index (κ3) is 3.08. The maximum absolute atomic E-state index is 11.7. The summed E-state index contributed by atoms with van der Waals surface area (Å²) in [4.78, 5) is 13.7. The number of aliphatic hydroxyl groups excluding tert-OH is 1. The average molecular weight is 238 g/mol. The Morgan fingerprint density at radius 2 is 2.47 bits per heavy atom. The number of carbonyl (C=O) groups is 1. The van der Waals surface area contributed by atoms with Gasteiger partial charge in [-0.2, -0.15) is 0 Å².